The minimum atomic E-state index is -1.36. The third-order valence-corrected chi connectivity index (χ3v) is 5.99. The number of rotatable bonds is 7. The number of aliphatic carboxylic acids is 1. The van der Waals surface area contributed by atoms with Crippen LogP contribution in [0.2, 0.25) is 0 Å². The number of benzene rings is 3. The summed E-state index contributed by atoms with van der Waals surface area (Å²) in [6, 6.07) is 20.1. The SMILES string of the molecule is O=C(O)[C@H](Cc1ccccc1F)NC(=O)[C@@H]1Cc2ccccc2CN1C(=O)OCc1ccccc1. The zero-order valence-corrected chi connectivity index (χ0v) is 18.9. The van der Waals surface area contributed by atoms with Crippen molar-refractivity contribution in [3.05, 3.63) is 107 Å². The third-order valence-electron chi connectivity index (χ3n) is 5.99. The number of carboxylic acid groups (broad SMARTS) is 1. The molecular formula is C27H25FN2O5. The van der Waals surface area contributed by atoms with Gasteiger partial charge in [0.25, 0.3) is 0 Å². The average Bonchev–Trinajstić information content (AvgIpc) is 2.87. The number of fused-ring (bicyclic) bond motifs is 1. The maximum atomic E-state index is 14.1. The highest BCUT2D eigenvalue weighted by molar-refractivity contribution is 5.90. The molecule has 0 bridgehead atoms. The van der Waals surface area contributed by atoms with Crippen molar-refractivity contribution in [3.63, 3.8) is 0 Å². The van der Waals surface area contributed by atoms with Gasteiger partial charge in [-0.25, -0.2) is 14.0 Å². The number of carbonyl (C=O) groups excluding carboxylic acids is 2. The molecule has 2 atom stereocenters. The summed E-state index contributed by atoms with van der Waals surface area (Å²) in [5.41, 5.74) is 2.75. The Morgan fingerprint density at radius 1 is 0.971 bits per heavy atom. The number of halogens is 1. The van der Waals surface area contributed by atoms with Gasteiger partial charge in [-0.15, -0.1) is 0 Å². The van der Waals surface area contributed by atoms with Gasteiger partial charge in [-0.05, 0) is 28.3 Å². The van der Waals surface area contributed by atoms with E-state index in [0.717, 1.165) is 16.7 Å². The van der Waals surface area contributed by atoms with Crippen LogP contribution in [0.4, 0.5) is 9.18 Å². The van der Waals surface area contributed by atoms with Gasteiger partial charge in [-0.3, -0.25) is 9.69 Å². The Morgan fingerprint density at radius 3 is 2.34 bits per heavy atom. The molecular weight excluding hydrogens is 451 g/mol. The van der Waals surface area contributed by atoms with Gasteiger partial charge in [0, 0.05) is 12.8 Å². The zero-order valence-electron chi connectivity index (χ0n) is 18.9. The van der Waals surface area contributed by atoms with Crippen molar-refractivity contribution in [1.29, 1.82) is 0 Å². The van der Waals surface area contributed by atoms with E-state index in [1.54, 1.807) is 6.07 Å². The first-order chi connectivity index (χ1) is 16.9. The third kappa shape index (κ3) is 5.84. The number of amides is 2. The predicted molar refractivity (Wildman–Crippen MR) is 126 cm³/mol. The van der Waals surface area contributed by atoms with Gasteiger partial charge in [0.05, 0.1) is 6.54 Å². The van der Waals surface area contributed by atoms with E-state index < -0.39 is 35.9 Å². The van der Waals surface area contributed by atoms with Crippen LogP contribution in [0.15, 0.2) is 78.9 Å². The molecule has 1 aliphatic heterocycles. The summed E-state index contributed by atoms with van der Waals surface area (Å²) in [5.74, 6) is -2.48. The average molecular weight is 477 g/mol. The molecule has 0 spiro atoms. The molecule has 3 aromatic rings. The Morgan fingerprint density at radius 2 is 1.63 bits per heavy atom. The first-order valence-electron chi connectivity index (χ1n) is 11.2. The summed E-state index contributed by atoms with van der Waals surface area (Å²) >= 11 is 0. The topological polar surface area (TPSA) is 95.9 Å². The monoisotopic (exact) mass is 476 g/mol. The molecule has 1 aliphatic rings. The Balaban J connectivity index is 1.52. The van der Waals surface area contributed by atoms with Crippen molar-refractivity contribution in [2.45, 2.75) is 38.1 Å². The van der Waals surface area contributed by atoms with Gasteiger partial charge >= 0.3 is 12.1 Å². The summed E-state index contributed by atoms with van der Waals surface area (Å²) < 4.78 is 19.6. The largest absolute Gasteiger partial charge is 0.480 e. The fourth-order valence-corrected chi connectivity index (χ4v) is 4.10. The van der Waals surface area contributed by atoms with E-state index in [1.807, 2.05) is 54.6 Å². The van der Waals surface area contributed by atoms with Gasteiger partial charge < -0.3 is 15.2 Å². The van der Waals surface area contributed by atoms with Gasteiger partial charge in [-0.2, -0.15) is 0 Å². The van der Waals surface area contributed by atoms with Crippen LogP contribution in [0.3, 0.4) is 0 Å². The molecule has 1 heterocycles. The van der Waals surface area contributed by atoms with Crippen molar-refractivity contribution in [2.75, 3.05) is 0 Å². The molecule has 4 rings (SSSR count). The molecule has 0 saturated heterocycles. The molecule has 2 amide bonds. The maximum Gasteiger partial charge on any atom is 0.411 e. The molecule has 2 N–H and O–H groups in total. The van der Waals surface area contributed by atoms with E-state index in [9.17, 15) is 23.9 Å². The van der Waals surface area contributed by atoms with Crippen LogP contribution in [0.25, 0.3) is 0 Å². The molecule has 35 heavy (non-hydrogen) atoms. The summed E-state index contributed by atoms with van der Waals surface area (Å²) in [7, 11) is 0. The minimum Gasteiger partial charge on any atom is -0.480 e. The fraction of sp³-hybridized carbons (Fsp3) is 0.222. The van der Waals surface area contributed by atoms with Crippen LogP contribution in [0.5, 0.6) is 0 Å². The van der Waals surface area contributed by atoms with Gasteiger partial charge in [-0.1, -0.05) is 72.8 Å². The minimum absolute atomic E-state index is 0.0389. The molecule has 0 saturated carbocycles. The van der Waals surface area contributed by atoms with Crippen molar-refractivity contribution in [1.82, 2.24) is 10.2 Å². The molecule has 0 unspecified atom stereocenters. The van der Waals surface area contributed by atoms with Gasteiger partial charge in [0.1, 0.15) is 24.5 Å². The Labute approximate surface area is 202 Å². The Hall–Kier alpha value is -4.20. The Kier molecular flexibility index (Phi) is 7.40. The number of nitrogens with zero attached hydrogens (tertiary/aromatic N) is 1. The second-order valence-corrected chi connectivity index (χ2v) is 8.35. The standard InChI is InChI=1S/C27H25FN2O5/c28-22-13-7-6-11-20(22)14-23(26(32)33)29-25(31)24-15-19-10-4-5-12-21(19)16-30(24)27(34)35-17-18-8-2-1-3-9-18/h1-13,23-24H,14-17H2,(H,29,31)(H,32,33)/t23-,24-/m0/s1. The fourth-order valence-electron chi connectivity index (χ4n) is 4.10. The van der Waals surface area contributed by atoms with E-state index in [4.69, 9.17) is 4.74 Å². The molecule has 0 radical (unpaired) electrons. The second-order valence-electron chi connectivity index (χ2n) is 8.35. The van der Waals surface area contributed by atoms with E-state index in [-0.39, 0.29) is 31.6 Å². The zero-order chi connectivity index (χ0) is 24.8. The lowest BCUT2D eigenvalue weighted by Gasteiger charge is -2.35. The Bertz CT molecular complexity index is 1220. The molecule has 3 aromatic carbocycles. The number of carbonyl (C=O) groups is 3. The molecule has 8 heteroatoms. The first-order valence-corrected chi connectivity index (χ1v) is 11.2. The molecule has 0 aliphatic carbocycles. The number of hydrogen-bond donors (Lipinski definition) is 2. The van der Waals surface area contributed by atoms with Crippen LogP contribution in [0.1, 0.15) is 22.3 Å². The van der Waals surface area contributed by atoms with E-state index in [2.05, 4.69) is 5.32 Å². The summed E-state index contributed by atoms with van der Waals surface area (Å²) in [6.07, 6.45) is -0.700. The highest BCUT2D eigenvalue weighted by atomic mass is 19.1. The van der Waals surface area contributed by atoms with Crippen LogP contribution in [-0.2, 0) is 40.3 Å². The van der Waals surface area contributed by atoms with Crippen molar-refractivity contribution >= 4 is 18.0 Å². The van der Waals surface area contributed by atoms with E-state index in [1.165, 1.54) is 23.1 Å². The van der Waals surface area contributed by atoms with Gasteiger partial charge in [0.15, 0.2) is 0 Å². The predicted octanol–water partition coefficient (Wildman–Crippen LogP) is 3.70. The van der Waals surface area contributed by atoms with E-state index in [0.29, 0.717) is 0 Å². The van der Waals surface area contributed by atoms with Crippen LogP contribution >= 0.6 is 0 Å². The summed E-state index contributed by atoms with van der Waals surface area (Å²) in [6.45, 7) is 0.185. The number of carboxylic acids is 1. The molecule has 7 nitrogen and oxygen atoms in total. The van der Waals surface area contributed by atoms with Crippen LogP contribution in [0, 0.1) is 5.82 Å². The second kappa shape index (κ2) is 10.8. The van der Waals surface area contributed by atoms with Crippen molar-refractivity contribution < 1.29 is 28.6 Å². The lowest BCUT2D eigenvalue weighted by molar-refractivity contribution is -0.142. The molecule has 0 fully saturated rings. The lowest BCUT2D eigenvalue weighted by Crippen LogP contribution is -2.56. The highest BCUT2D eigenvalue weighted by Crippen LogP contribution is 2.25. The first kappa shape index (κ1) is 23.9. The summed E-state index contributed by atoms with van der Waals surface area (Å²) in [5, 5.41) is 12.2. The van der Waals surface area contributed by atoms with Crippen LogP contribution in [-0.4, -0.2) is 40.1 Å². The summed E-state index contributed by atoms with van der Waals surface area (Å²) in [4.78, 5) is 39.5. The molecule has 180 valence electrons. The normalized spacial score (nSPS) is 15.6. The van der Waals surface area contributed by atoms with Crippen molar-refractivity contribution in [3.8, 4) is 0 Å². The van der Waals surface area contributed by atoms with Crippen molar-refractivity contribution in [2.24, 2.45) is 0 Å². The van der Waals surface area contributed by atoms with E-state index >= 15 is 0 Å². The molecule has 0 aromatic heterocycles. The smallest absolute Gasteiger partial charge is 0.411 e. The van der Waals surface area contributed by atoms with Crippen LogP contribution < -0.4 is 5.32 Å². The maximum absolute atomic E-state index is 14.1. The number of ether oxygens (including phenoxy) is 1. The quantitative estimate of drug-likeness (QED) is 0.542. The number of hydrogen-bond acceptors (Lipinski definition) is 4. The highest BCUT2D eigenvalue weighted by Gasteiger charge is 2.37. The van der Waals surface area contributed by atoms with Gasteiger partial charge in [0.2, 0.25) is 5.91 Å². The lowest BCUT2D eigenvalue weighted by atomic mass is 9.93. The number of nitrogens with one attached hydrogen (secondary N) is 1.